The zero-order chi connectivity index (χ0) is 13.2. The molecule has 1 aromatic carbocycles. The quantitative estimate of drug-likeness (QED) is 0.821. The summed E-state index contributed by atoms with van der Waals surface area (Å²) in [7, 11) is 0. The first-order valence-corrected chi connectivity index (χ1v) is 7.25. The van der Waals surface area contributed by atoms with Gasteiger partial charge in [0.15, 0.2) is 11.6 Å². The van der Waals surface area contributed by atoms with Gasteiger partial charge in [-0.05, 0) is 73.5 Å². The number of rotatable bonds is 1. The van der Waals surface area contributed by atoms with Crippen LogP contribution in [0.15, 0.2) is 18.2 Å². The van der Waals surface area contributed by atoms with E-state index in [1.54, 1.807) is 6.07 Å². The predicted octanol–water partition coefficient (Wildman–Crippen LogP) is 3.61. The maximum Gasteiger partial charge on any atom is 0.159 e. The highest BCUT2D eigenvalue weighted by Gasteiger charge is 2.57. The second kappa shape index (κ2) is 3.78. The van der Waals surface area contributed by atoms with Gasteiger partial charge in [-0.25, -0.2) is 8.78 Å². The number of hydrogen-bond donors (Lipinski definition) is 1. The molecule has 0 aliphatic heterocycles. The summed E-state index contributed by atoms with van der Waals surface area (Å²) in [4.78, 5) is 0. The van der Waals surface area contributed by atoms with Crippen LogP contribution in [0.4, 0.5) is 8.78 Å². The van der Waals surface area contributed by atoms with Gasteiger partial charge in [0.05, 0.1) is 5.60 Å². The maximum absolute atomic E-state index is 13.5. The fourth-order valence-corrected chi connectivity index (χ4v) is 5.12. The van der Waals surface area contributed by atoms with E-state index in [9.17, 15) is 13.9 Å². The summed E-state index contributed by atoms with van der Waals surface area (Å²) in [5.41, 5.74) is -0.345. The fraction of sp³-hybridized carbons (Fsp3) is 0.625. The zero-order valence-electron chi connectivity index (χ0n) is 10.8. The zero-order valence-corrected chi connectivity index (χ0v) is 10.8. The molecule has 4 fully saturated rings. The third-order valence-corrected chi connectivity index (χ3v) is 5.76. The van der Waals surface area contributed by atoms with Gasteiger partial charge in [-0.15, -0.1) is 0 Å². The largest absolute Gasteiger partial charge is 0.385 e. The van der Waals surface area contributed by atoms with E-state index in [1.165, 1.54) is 12.5 Å². The lowest BCUT2D eigenvalue weighted by molar-refractivity contribution is -0.179. The molecule has 1 nitrogen and oxygen atoms in total. The average molecular weight is 264 g/mol. The minimum Gasteiger partial charge on any atom is -0.385 e. The molecule has 0 amide bonds. The summed E-state index contributed by atoms with van der Waals surface area (Å²) in [5, 5.41) is 11.2. The first-order valence-electron chi connectivity index (χ1n) is 7.25. The lowest BCUT2D eigenvalue weighted by Crippen LogP contribution is -2.55. The van der Waals surface area contributed by atoms with Crippen molar-refractivity contribution in [2.24, 2.45) is 23.7 Å². The van der Waals surface area contributed by atoms with Crippen LogP contribution in [0, 0.1) is 35.3 Å². The molecule has 0 saturated heterocycles. The van der Waals surface area contributed by atoms with Crippen LogP contribution in [-0.4, -0.2) is 5.11 Å². The lowest BCUT2D eigenvalue weighted by atomic mass is 9.48. The molecule has 0 heterocycles. The van der Waals surface area contributed by atoms with Crippen LogP contribution >= 0.6 is 0 Å². The Morgan fingerprint density at radius 1 is 0.895 bits per heavy atom. The van der Waals surface area contributed by atoms with E-state index in [-0.39, 0.29) is 11.8 Å². The third kappa shape index (κ3) is 1.54. The molecule has 102 valence electrons. The highest BCUT2D eigenvalue weighted by Crippen LogP contribution is 2.61. The van der Waals surface area contributed by atoms with Gasteiger partial charge in [0.1, 0.15) is 0 Å². The van der Waals surface area contributed by atoms with Gasteiger partial charge in [-0.1, -0.05) is 6.07 Å². The van der Waals surface area contributed by atoms with Crippen molar-refractivity contribution in [3.05, 3.63) is 35.4 Å². The molecule has 0 atom stereocenters. The number of halogens is 2. The molecular weight excluding hydrogens is 246 g/mol. The SMILES string of the molecule is OC1(c2ccc(F)c(F)c2)C2CC3CC(C2)CC1C3. The standard InChI is InChI=1S/C16H18F2O/c17-14-2-1-11(8-15(14)18)16(19)12-4-9-3-10(6-12)7-13(16)5-9/h1-2,8-10,12-13,19H,3-7H2. The Morgan fingerprint density at radius 3 is 2.00 bits per heavy atom. The van der Waals surface area contributed by atoms with E-state index in [1.807, 2.05) is 0 Å². The summed E-state index contributed by atoms with van der Waals surface area (Å²) in [6.45, 7) is 0. The van der Waals surface area contributed by atoms with Crippen molar-refractivity contribution in [1.29, 1.82) is 0 Å². The van der Waals surface area contributed by atoms with Crippen LogP contribution in [-0.2, 0) is 5.60 Å². The molecule has 1 aromatic rings. The van der Waals surface area contributed by atoms with E-state index < -0.39 is 17.2 Å². The van der Waals surface area contributed by atoms with Crippen molar-refractivity contribution in [2.75, 3.05) is 0 Å². The summed E-state index contributed by atoms with van der Waals surface area (Å²) in [6, 6.07) is 3.92. The number of benzene rings is 1. The molecule has 0 unspecified atom stereocenters. The van der Waals surface area contributed by atoms with Gasteiger partial charge in [0, 0.05) is 0 Å². The third-order valence-electron chi connectivity index (χ3n) is 5.76. The molecule has 4 saturated carbocycles. The van der Waals surface area contributed by atoms with E-state index in [0.29, 0.717) is 5.56 Å². The van der Waals surface area contributed by atoms with Gasteiger partial charge >= 0.3 is 0 Å². The van der Waals surface area contributed by atoms with E-state index >= 15 is 0 Å². The summed E-state index contributed by atoms with van der Waals surface area (Å²) < 4.78 is 26.6. The monoisotopic (exact) mass is 264 g/mol. The van der Waals surface area contributed by atoms with Crippen molar-refractivity contribution in [3.8, 4) is 0 Å². The molecule has 1 N–H and O–H groups in total. The molecular formula is C16H18F2O. The van der Waals surface area contributed by atoms with Gasteiger partial charge in [0.25, 0.3) is 0 Å². The molecule has 5 rings (SSSR count). The van der Waals surface area contributed by atoms with Crippen molar-refractivity contribution < 1.29 is 13.9 Å². The predicted molar refractivity (Wildman–Crippen MR) is 67.3 cm³/mol. The molecule has 19 heavy (non-hydrogen) atoms. The van der Waals surface area contributed by atoms with Gasteiger partial charge in [-0.3, -0.25) is 0 Å². The molecule has 4 aliphatic rings. The molecule has 4 aliphatic carbocycles. The highest BCUT2D eigenvalue weighted by molar-refractivity contribution is 5.28. The lowest BCUT2D eigenvalue weighted by Gasteiger charge is -2.59. The summed E-state index contributed by atoms with van der Waals surface area (Å²) in [5.74, 6) is 0.263. The summed E-state index contributed by atoms with van der Waals surface area (Å²) >= 11 is 0. The molecule has 4 bridgehead atoms. The van der Waals surface area contributed by atoms with Crippen LogP contribution in [0.25, 0.3) is 0 Å². The second-order valence-corrected chi connectivity index (χ2v) is 6.76. The minimum atomic E-state index is -0.929. The maximum atomic E-state index is 13.5. The fourth-order valence-electron chi connectivity index (χ4n) is 5.12. The molecule has 0 spiro atoms. The van der Waals surface area contributed by atoms with Gasteiger partial charge in [-0.2, -0.15) is 0 Å². The van der Waals surface area contributed by atoms with Gasteiger partial charge in [0.2, 0.25) is 0 Å². The first-order chi connectivity index (χ1) is 9.07. The van der Waals surface area contributed by atoms with Crippen LogP contribution in [0.5, 0.6) is 0 Å². The second-order valence-electron chi connectivity index (χ2n) is 6.76. The Labute approximate surface area is 111 Å². The molecule has 3 heteroatoms. The summed E-state index contributed by atoms with van der Waals surface area (Å²) in [6.07, 6.45) is 5.48. The Bertz CT molecular complexity index is 497. The number of aliphatic hydroxyl groups is 1. The van der Waals surface area contributed by atoms with Crippen molar-refractivity contribution in [2.45, 2.75) is 37.7 Å². The first kappa shape index (κ1) is 11.8. The van der Waals surface area contributed by atoms with Crippen LogP contribution < -0.4 is 0 Å². The Kier molecular flexibility index (Phi) is 2.36. The minimum absolute atomic E-state index is 0.230. The van der Waals surface area contributed by atoms with Crippen molar-refractivity contribution in [3.63, 3.8) is 0 Å². The topological polar surface area (TPSA) is 20.2 Å². The van der Waals surface area contributed by atoms with Crippen LogP contribution in [0.2, 0.25) is 0 Å². The molecule has 0 aromatic heterocycles. The van der Waals surface area contributed by atoms with Gasteiger partial charge < -0.3 is 5.11 Å². The van der Waals surface area contributed by atoms with Crippen LogP contribution in [0.3, 0.4) is 0 Å². The van der Waals surface area contributed by atoms with Crippen LogP contribution in [0.1, 0.15) is 37.7 Å². The normalized spacial score (nSPS) is 43.7. The van der Waals surface area contributed by atoms with E-state index in [0.717, 1.165) is 43.6 Å². The Balaban J connectivity index is 1.78. The van der Waals surface area contributed by atoms with Crippen molar-refractivity contribution >= 4 is 0 Å². The highest BCUT2D eigenvalue weighted by atomic mass is 19.2. The smallest absolute Gasteiger partial charge is 0.159 e. The Hall–Kier alpha value is -0.960. The Morgan fingerprint density at radius 2 is 1.47 bits per heavy atom. The average Bonchev–Trinajstić information content (AvgIpc) is 2.38. The number of hydrogen-bond acceptors (Lipinski definition) is 1. The van der Waals surface area contributed by atoms with Crippen molar-refractivity contribution in [1.82, 2.24) is 0 Å². The molecule has 0 radical (unpaired) electrons. The van der Waals surface area contributed by atoms with E-state index in [4.69, 9.17) is 0 Å². The van der Waals surface area contributed by atoms with E-state index in [2.05, 4.69) is 0 Å².